The van der Waals surface area contributed by atoms with Gasteiger partial charge in [0.2, 0.25) is 0 Å². The molecule has 1 heterocycles. The van der Waals surface area contributed by atoms with Gasteiger partial charge >= 0.3 is 0 Å². The number of aromatic nitrogens is 2. The first kappa shape index (κ1) is 15.7. The third-order valence-corrected chi connectivity index (χ3v) is 3.63. The van der Waals surface area contributed by atoms with Crippen LogP contribution in [0.3, 0.4) is 0 Å². The Morgan fingerprint density at radius 1 is 1.00 bits per heavy atom. The number of carbonyl (C=O) groups excluding carboxylic acids is 1. The van der Waals surface area contributed by atoms with Crippen LogP contribution < -0.4 is 0 Å². The van der Waals surface area contributed by atoms with Gasteiger partial charge in [-0.2, -0.15) is 0 Å². The molecular weight excluding hydrogens is 302 g/mol. The molecule has 1 N–H and O–H groups in total. The number of rotatable bonds is 4. The molecule has 5 heteroatoms. The summed E-state index contributed by atoms with van der Waals surface area (Å²) in [7, 11) is 1.72. The largest absolute Gasteiger partial charge is 0.508 e. The van der Waals surface area contributed by atoms with Gasteiger partial charge in [-0.1, -0.05) is 42.5 Å². The number of hydrogen-bond donors (Lipinski definition) is 1. The molecule has 0 saturated carbocycles. The van der Waals surface area contributed by atoms with Gasteiger partial charge in [0.15, 0.2) is 5.82 Å². The lowest BCUT2D eigenvalue weighted by molar-refractivity contribution is 0.0784. The summed E-state index contributed by atoms with van der Waals surface area (Å²) in [6.45, 7) is 0.444. The second kappa shape index (κ2) is 6.91. The summed E-state index contributed by atoms with van der Waals surface area (Å²) >= 11 is 0. The highest BCUT2D eigenvalue weighted by Gasteiger charge is 2.13. The molecule has 0 saturated heterocycles. The van der Waals surface area contributed by atoms with E-state index in [9.17, 15) is 9.90 Å². The standard InChI is InChI=1S/C19H17N3O2/c1-22(13-14-7-9-17(23)10-8-14)19(24)16-11-20-18(21-12-16)15-5-3-2-4-6-15/h2-12,23H,13H2,1H3. The molecule has 0 spiro atoms. The van der Waals surface area contributed by atoms with E-state index in [0.717, 1.165) is 11.1 Å². The van der Waals surface area contributed by atoms with Crippen molar-refractivity contribution in [3.05, 3.63) is 78.1 Å². The van der Waals surface area contributed by atoms with E-state index in [2.05, 4.69) is 9.97 Å². The minimum Gasteiger partial charge on any atom is -0.508 e. The lowest BCUT2D eigenvalue weighted by Crippen LogP contribution is -2.26. The maximum absolute atomic E-state index is 12.5. The molecule has 120 valence electrons. The molecule has 0 aliphatic carbocycles. The summed E-state index contributed by atoms with van der Waals surface area (Å²) in [4.78, 5) is 22.6. The van der Waals surface area contributed by atoms with Crippen molar-refractivity contribution in [3.63, 3.8) is 0 Å². The zero-order valence-electron chi connectivity index (χ0n) is 13.3. The first-order valence-corrected chi connectivity index (χ1v) is 7.54. The smallest absolute Gasteiger partial charge is 0.257 e. The van der Waals surface area contributed by atoms with Crippen LogP contribution in [-0.4, -0.2) is 32.9 Å². The SMILES string of the molecule is CN(Cc1ccc(O)cc1)C(=O)c1cnc(-c2ccccc2)nc1. The van der Waals surface area contributed by atoms with Crippen LogP contribution in [0.25, 0.3) is 11.4 Å². The highest BCUT2D eigenvalue weighted by molar-refractivity contribution is 5.93. The molecule has 24 heavy (non-hydrogen) atoms. The number of phenolic OH excluding ortho intramolecular Hbond substituents is 1. The van der Waals surface area contributed by atoms with E-state index in [-0.39, 0.29) is 11.7 Å². The zero-order valence-corrected chi connectivity index (χ0v) is 13.3. The van der Waals surface area contributed by atoms with Gasteiger partial charge in [0, 0.05) is 31.5 Å². The minimum absolute atomic E-state index is 0.150. The Balaban J connectivity index is 1.71. The Bertz CT molecular complexity index is 815. The van der Waals surface area contributed by atoms with E-state index in [0.29, 0.717) is 17.9 Å². The molecule has 0 aliphatic heterocycles. The Hall–Kier alpha value is -3.21. The molecule has 0 atom stereocenters. The van der Waals surface area contributed by atoms with Crippen molar-refractivity contribution in [1.29, 1.82) is 0 Å². The minimum atomic E-state index is -0.150. The summed E-state index contributed by atoms with van der Waals surface area (Å²) in [6.07, 6.45) is 3.09. The molecule has 0 aliphatic rings. The molecule has 5 nitrogen and oxygen atoms in total. The van der Waals surface area contributed by atoms with Crippen molar-refractivity contribution in [1.82, 2.24) is 14.9 Å². The van der Waals surface area contributed by atoms with Gasteiger partial charge in [-0.25, -0.2) is 9.97 Å². The summed E-state index contributed by atoms with van der Waals surface area (Å²) < 4.78 is 0. The van der Waals surface area contributed by atoms with E-state index in [1.807, 2.05) is 30.3 Å². The highest BCUT2D eigenvalue weighted by Crippen LogP contribution is 2.15. The van der Waals surface area contributed by atoms with Crippen LogP contribution in [0.1, 0.15) is 15.9 Å². The van der Waals surface area contributed by atoms with Gasteiger partial charge < -0.3 is 10.0 Å². The fourth-order valence-electron chi connectivity index (χ4n) is 2.34. The monoisotopic (exact) mass is 319 g/mol. The Morgan fingerprint density at radius 3 is 2.25 bits per heavy atom. The quantitative estimate of drug-likeness (QED) is 0.802. The van der Waals surface area contributed by atoms with Crippen molar-refractivity contribution < 1.29 is 9.90 Å². The molecule has 3 rings (SSSR count). The van der Waals surface area contributed by atoms with Gasteiger partial charge in [-0.05, 0) is 17.7 Å². The fraction of sp³-hybridized carbons (Fsp3) is 0.105. The summed E-state index contributed by atoms with van der Waals surface area (Å²) in [5, 5.41) is 9.30. The third-order valence-electron chi connectivity index (χ3n) is 3.63. The molecule has 2 aromatic carbocycles. The Kier molecular flexibility index (Phi) is 4.52. The van der Waals surface area contributed by atoms with Gasteiger partial charge in [-0.3, -0.25) is 4.79 Å². The number of amides is 1. The zero-order chi connectivity index (χ0) is 16.9. The van der Waals surface area contributed by atoms with Crippen LogP contribution in [-0.2, 0) is 6.54 Å². The summed E-state index contributed by atoms with van der Waals surface area (Å²) in [5.74, 6) is 0.647. The number of benzene rings is 2. The van der Waals surface area contributed by atoms with Gasteiger partial charge in [-0.15, -0.1) is 0 Å². The average molecular weight is 319 g/mol. The lowest BCUT2D eigenvalue weighted by Gasteiger charge is -2.17. The molecule has 0 fully saturated rings. The van der Waals surface area contributed by atoms with E-state index in [1.165, 1.54) is 0 Å². The van der Waals surface area contributed by atoms with E-state index in [1.54, 1.807) is 48.6 Å². The third kappa shape index (κ3) is 3.57. The number of hydrogen-bond acceptors (Lipinski definition) is 4. The van der Waals surface area contributed by atoms with Gasteiger partial charge in [0.05, 0.1) is 5.56 Å². The van der Waals surface area contributed by atoms with Crippen molar-refractivity contribution in [2.75, 3.05) is 7.05 Å². The normalized spacial score (nSPS) is 10.4. The second-order valence-corrected chi connectivity index (χ2v) is 5.49. The Labute approximate surface area is 140 Å². The number of phenols is 1. The number of aromatic hydroxyl groups is 1. The van der Waals surface area contributed by atoms with Crippen LogP contribution in [0.2, 0.25) is 0 Å². The maximum atomic E-state index is 12.5. The van der Waals surface area contributed by atoms with Crippen molar-refractivity contribution in [3.8, 4) is 17.1 Å². The van der Waals surface area contributed by atoms with E-state index >= 15 is 0 Å². The molecule has 0 unspecified atom stereocenters. The molecule has 1 aromatic heterocycles. The molecule has 0 bridgehead atoms. The maximum Gasteiger partial charge on any atom is 0.257 e. The first-order chi connectivity index (χ1) is 11.6. The van der Waals surface area contributed by atoms with Gasteiger partial charge in [0.25, 0.3) is 5.91 Å². The average Bonchev–Trinajstić information content (AvgIpc) is 2.64. The van der Waals surface area contributed by atoms with Crippen molar-refractivity contribution in [2.45, 2.75) is 6.54 Å². The fourth-order valence-corrected chi connectivity index (χ4v) is 2.34. The predicted molar refractivity (Wildman–Crippen MR) is 91.4 cm³/mol. The van der Waals surface area contributed by atoms with E-state index in [4.69, 9.17) is 0 Å². The summed E-state index contributed by atoms with van der Waals surface area (Å²) in [6, 6.07) is 16.4. The molecular formula is C19H17N3O2. The number of nitrogens with zero attached hydrogens (tertiary/aromatic N) is 3. The molecule has 0 radical (unpaired) electrons. The molecule has 3 aromatic rings. The van der Waals surface area contributed by atoms with Crippen LogP contribution in [0.15, 0.2) is 67.0 Å². The van der Waals surface area contributed by atoms with Crippen molar-refractivity contribution >= 4 is 5.91 Å². The predicted octanol–water partition coefficient (Wildman–Crippen LogP) is 3.12. The molecule has 1 amide bonds. The second-order valence-electron chi connectivity index (χ2n) is 5.49. The lowest BCUT2D eigenvalue weighted by atomic mass is 10.2. The first-order valence-electron chi connectivity index (χ1n) is 7.54. The summed E-state index contributed by atoms with van der Waals surface area (Å²) in [5.41, 5.74) is 2.29. The number of carbonyl (C=O) groups is 1. The highest BCUT2D eigenvalue weighted by atomic mass is 16.3. The van der Waals surface area contributed by atoms with Crippen LogP contribution in [0.5, 0.6) is 5.75 Å². The van der Waals surface area contributed by atoms with E-state index < -0.39 is 0 Å². The van der Waals surface area contributed by atoms with Crippen molar-refractivity contribution in [2.24, 2.45) is 0 Å². The Morgan fingerprint density at radius 2 is 1.62 bits per heavy atom. The topological polar surface area (TPSA) is 66.3 Å². The van der Waals surface area contributed by atoms with Crippen LogP contribution in [0.4, 0.5) is 0 Å². The van der Waals surface area contributed by atoms with Gasteiger partial charge in [0.1, 0.15) is 5.75 Å². The van der Waals surface area contributed by atoms with Crippen LogP contribution in [0, 0.1) is 0 Å². The van der Waals surface area contributed by atoms with Crippen LogP contribution >= 0.6 is 0 Å².